The molecule has 7 nitrogen and oxygen atoms in total. The summed E-state index contributed by atoms with van der Waals surface area (Å²) in [5.41, 5.74) is 4.73. The van der Waals surface area contributed by atoms with Crippen LogP contribution in [-0.4, -0.2) is 26.6 Å². The first-order chi connectivity index (χ1) is 17.1. The third-order valence-corrected chi connectivity index (χ3v) is 6.14. The molecule has 0 bridgehead atoms. The number of nitrogens with two attached hydrogens (primary N) is 1. The Bertz CT molecular complexity index is 1670. The summed E-state index contributed by atoms with van der Waals surface area (Å²) < 4.78 is 44.0. The van der Waals surface area contributed by atoms with E-state index in [-0.39, 0.29) is 28.2 Å². The first-order valence-corrected chi connectivity index (χ1v) is 10.9. The number of hydrogen-bond donors (Lipinski definition) is 2. The summed E-state index contributed by atoms with van der Waals surface area (Å²) >= 11 is 6.30. The molecule has 0 saturated heterocycles. The molecule has 0 aliphatic carbocycles. The summed E-state index contributed by atoms with van der Waals surface area (Å²) in [5, 5.41) is 7.76. The summed E-state index contributed by atoms with van der Waals surface area (Å²) in [6, 6.07) is 11.0. The highest BCUT2D eigenvalue weighted by Gasteiger charge is 2.43. The van der Waals surface area contributed by atoms with Crippen LogP contribution in [0.5, 0.6) is 0 Å². The third-order valence-electron chi connectivity index (χ3n) is 5.81. The van der Waals surface area contributed by atoms with Gasteiger partial charge in [0.15, 0.2) is 11.6 Å². The predicted octanol–water partition coefficient (Wildman–Crippen LogP) is 4.91. The zero-order chi connectivity index (χ0) is 25.8. The lowest BCUT2D eigenvalue weighted by Crippen LogP contribution is -2.22. The van der Waals surface area contributed by atoms with Gasteiger partial charge in [0.2, 0.25) is 0 Å². The third kappa shape index (κ3) is 3.64. The Labute approximate surface area is 206 Å². The summed E-state index contributed by atoms with van der Waals surface area (Å²) in [4.78, 5) is 28.3. The van der Waals surface area contributed by atoms with Gasteiger partial charge in [-0.3, -0.25) is 9.78 Å². The van der Waals surface area contributed by atoms with E-state index in [1.165, 1.54) is 30.5 Å². The Hall–Kier alpha value is -4.40. The van der Waals surface area contributed by atoms with Crippen LogP contribution in [0.25, 0.3) is 39.6 Å². The molecule has 0 spiro atoms. The van der Waals surface area contributed by atoms with E-state index in [9.17, 15) is 22.8 Å². The molecule has 5 rings (SSSR count). The lowest BCUT2D eigenvalue weighted by molar-refractivity contribution is -0.143. The molecule has 0 atom stereocenters. The van der Waals surface area contributed by atoms with E-state index >= 15 is 0 Å². The molecule has 0 saturated carbocycles. The molecule has 0 radical (unpaired) electrons. The van der Waals surface area contributed by atoms with E-state index in [4.69, 9.17) is 17.3 Å². The second kappa shape index (κ2) is 8.37. The first-order valence-electron chi connectivity index (χ1n) is 10.5. The van der Waals surface area contributed by atoms with Gasteiger partial charge in [-0.25, -0.2) is 9.48 Å². The maximum atomic E-state index is 14.5. The second-order valence-corrected chi connectivity index (χ2v) is 8.37. The highest BCUT2D eigenvalue weighted by atomic mass is 35.5. The van der Waals surface area contributed by atoms with Crippen LogP contribution < -0.4 is 11.1 Å². The Balaban J connectivity index is 1.88. The van der Waals surface area contributed by atoms with Crippen LogP contribution in [0.3, 0.4) is 0 Å². The summed E-state index contributed by atoms with van der Waals surface area (Å²) in [7, 11) is 0. The minimum Gasteiger partial charge on any atom is -0.365 e. The van der Waals surface area contributed by atoms with Crippen LogP contribution in [0.15, 0.2) is 48.7 Å². The number of carbonyl (C=O) groups excluding carboxylic acids is 2. The number of rotatable bonds is 3. The summed E-state index contributed by atoms with van der Waals surface area (Å²) in [6.45, 7) is 1.59. The zero-order valence-electron chi connectivity index (χ0n) is 18.4. The van der Waals surface area contributed by atoms with Gasteiger partial charge >= 0.3 is 6.18 Å². The normalized spacial score (nSPS) is 12.9. The number of halogens is 4. The standard InChI is InChI=1S/C25H15ClF3N5O2/c1-12-15(10-16-17(26)5-3-6-18(16)32-12)22-21(24(30)36)23(25(27,28)29)34(33-22)20-7-2-4-13-14(20)8-9-31-19(13)11-35/h2-10,31H,1H3,(H2,30,36). The van der Waals surface area contributed by atoms with Crippen molar-refractivity contribution in [2.75, 3.05) is 0 Å². The number of benzene rings is 2. The van der Waals surface area contributed by atoms with Crippen molar-refractivity contribution in [1.82, 2.24) is 20.1 Å². The largest absolute Gasteiger partial charge is 0.434 e. The monoisotopic (exact) mass is 509 g/mol. The molecule has 180 valence electrons. The Morgan fingerprint density at radius 1 is 1.17 bits per heavy atom. The van der Waals surface area contributed by atoms with Crippen LogP contribution in [0, 0.1) is 6.92 Å². The maximum absolute atomic E-state index is 14.5. The van der Waals surface area contributed by atoms with Crippen molar-refractivity contribution < 1.29 is 22.8 Å². The Morgan fingerprint density at radius 2 is 1.92 bits per heavy atom. The molecule has 1 aliphatic heterocycles. The van der Waals surface area contributed by atoms with Crippen molar-refractivity contribution in [2.24, 2.45) is 5.73 Å². The van der Waals surface area contributed by atoms with E-state index in [1.807, 2.05) is 0 Å². The van der Waals surface area contributed by atoms with Crippen molar-refractivity contribution in [3.8, 4) is 16.9 Å². The van der Waals surface area contributed by atoms with Gasteiger partial charge in [-0.1, -0.05) is 29.8 Å². The number of alkyl halides is 3. The van der Waals surface area contributed by atoms with Crippen molar-refractivity contribution in [3.63, 3.8) is 0 Å². The van der Waals surface area contributed by atoms with Crippen molar-refractivity contribution in [2.45, 2.75) is 13.1 Å². The molecule has 36 heavy (non-hydrogen) atoms. The predicted molar refractivity (Wildman–Crippen MR) is 129 cm³/mol. The van der Waals surface area contributed by atoms with Gasteiger partial charge in [-0.15, -0.1) is 0 Å². The SMILES string of the molecule is Cc1nc2cccc(Cl)c2cc1-c1nn(-c2cccc3c2C=CNC3=C=O)c(C(F)(F)F)c1C(N)=O. The number of aromatic nitrogens is 3. The summed E-state index contributed by atoms with van der Waals surface area (Å²) in [5.74, 6) is 0.424. The lowest BCUT2D eigenvalue weighted by Gasteiger charge is -2.18. The molecule has 3 heterocycles. The van der Waals surface area contributed by atoms with Gasteiger partial charge in [0.1, 0.15) is 11.4 Å². The molecular weight excluding hydrogens is 495 g/mol. The van der Waals surface area contributed by atoms with Crippen LogP contribution >= 0.6 is 11.6 Å². The number of pyridine rings is 1. The van der Waals surface area contributed by atoms with Crippen LogP contribution in [0.2, 0.25) is 5.02 Å². The number of carbonyl (C=O) groups is 1. The van der Waals surface area contributed by atoms with Gasteiger partial charge in [0.25, 0.3) is 5.91 Å². The number of amides is 1. The van der Waals surface area contributed by atoms with E-state index in [2.05, 4.69) is 15.4 Å². The highest BCUT2D eigenvalue weighted by Crippen LogP contribution is 2.41. The van der Waals surface area contributed by atoms with Crippen molar-refractivity contribution in [1.29, 1.82) is 0 Å². The summed E-state index contributed by atoms with van der Waals surface area (Å²) in [6.07, 6.45) is -2.11. The quantitative estimate of drug-likeness (QED) is 0.382. The van der Waals surface area contributed by atoms with Gasteiger partial charge in [0, 0.05) is 39.0 Å². The van der Waals surface area contributed by atoms with E-state index in [1.54, 1.807) is 37.1 Å². The van der Waals surface area contributed by atoms with E-state index < -0.39 is 23.3 Å². The van der Waals surface area contributed by atoms with Crippen LogP contribution in [-0.2, 0) is 11.0 Å². The fourth-order valence-electron chi connectivity index (χ4n) is 4.27. The second-order valence-electron chi connectivity index (χ2n) is 7.97. The number of nitrogens with zero attached hydrogens (tertiary/aromatic N) is 3. The van der Waals surface area contributed by atoms with Crippen LogP contribution in [0.4, 0.5) is 13.2 Å². The molecule has 4 aromatic rings. The average molecular weight is 510 g/mol. The molecule has 1 amide bonds. The Morgan fingerprint density at radius 3 is 2.61 bits per heavy atom. The number of nitrogens with one attached hydrogen (secondary N) is 1. The van der Waals surface area contributed by atoms with Gasteiger partial charge < -0.3 is 11.1 Å². The van der Waals surface area contributed by atoms with Gasteiger partial charge in [-0.2, -0.15) is 18.3 Å². The van der Waals surface area contributed by atoms with Crippen molar-refractivity contribution in [3.05, 3.63) is 81.8 Å². The minimum absolute atomic E-state index is 0.0106. The fraction of sp³-hybridized carbons (Fsp3) is 0.0800. The maximum Gasteiger partial charge on any atom is 0.434 e. The minimum atomic E-state index is -5.01. The smallest absolute Gasteiger partial charge is 0.365 e. The highest BCUT2D eigenvalue weighted by molar-refractivity contribution is 6.35. The molecule has 11 heteroatoms. The number of fused-ring (bicyclic) bond motifs is 2. The number of hydrogen-bond acceptors (Lipinski definition) is 5. The molecule has 0 unspecified atom stereocenters. The fourth-order valence-corrected chi connectivity index (χ4v) is 4.50. The molecule has 2 aromatic heterocycles. The molecule has 2 aromatic carbocycles. The molecule has 0 fully saturated rings. The number of primary amides is 1. The molecular formula is C25H15ClF3N5O2. The van der Waals surface area contributed by atoms with Gasteiger partial charge in [-0.05, 0) is 37.3 Å². The van der Waals surface area contributed by atoms with Gasteiger partial charge in [0.05, 0.1) is 16.8 Å². The van der Waals surface area contributed by atoms with Crippen LogP contribution in [0.1, 0.15) is 32.9 Å². The zero-order valence-corrected chi connectivity index (χ0v) is 19.2. The van der Waals surface area contributed by atoms with Crippen molar-refractivity contribution >= 4 is 46.1 Å². The topological polar surface area (TPSA) is 103 Å². The average Bonchev–Trinajstić information content (AvgIpc) is 3.24. The van der Waals surface area contributed by atoms with E-state index in [0.717, 1.165) is 0 Å². The number of aryl methyl sites for hydroxylation is 1. The molecule has 1 aliphatic rings. The first kappa shape index (κ1) is 23.3. The lowest BCUT2D eigenvalue weighted by atomic mass is 10.00. The van der Waals surface area contributed by atoms with E-state index in [0.29, 0.717) is 31.9 Å². The Kier molecular flexibility index (Phi) is 5.43. The molecule has 3 N–H and O–H groups in total.